The molecule has 1 aliphatic heterocycles. The van der Waals surface area contributed by atoms with E-state index in [4.69, 9.17) is 4.74 Å². The molecule has 0 aromatic heterocycles. The van der Waals surface area contributed by atoms with Crippen molar-refractivity contribution < 1.29 is 4.74 Å². The molecule has 1 aliphatic carbocycles. The number of nitrogens with one attached hydrogen (secondary N) is 1. The molecule has 2 rings (SSSR count). The van der Waals surface area contributed by atoms with Gasteiger partial charge in [0.1, 0.15) is 0 Å². The zero-order valence-electron chi connectivity index (χ0n) is 10.2. The van der Waals surface area contributed by atoms with Gasteiger partial charge in [-0.1, -0.05) is 32.6 Å². The van der Waals surface area contributed by atoms with Crippen molar-refractivity contribution in [2.45, 2.75) is 39.0 Å². The van der Waals surface area contributed by atoms with Crippen molar-refractivity contribution in [3.63, 3.8) is 0 Å². The molecular formula is C13H25NO. The second kappa shape index (κ2) is 4.84. The number of hydrogen-bond acceptors (Lipinski definition) is 2. The summed E-state index contributed by atoms with van der Waals surface area (Å²) in [7, 11) is 1.85. The molecule has 2 aliphatic rings. The standard InChI is InChI=1S/C13H25NO/c1-13(10-15-2)7-8-14-9-12(13)11-5-3-4-6-11/h11-12,14H,3-10H2,1-2H3. The number of hydrogen-bond donors (Lipinski definition) is 1. The number of rotatable bonds is 3. The van der Waals surface area contributed by atoms with Crippen LogP contribution >= 0.6 is 0 Å². The second-order valence-electron chi connectivity index (χ2n) is 5.69. The molecule has 1 saturated heterocycles. The van der Waals surface area contributed by atoms with E-state index >= 15 is 0 Å². The smallest absolute Gasteiger partial charge is 0.0519 e. The molecule has 0 amide bonds. The Labute approximate surface area is 93.8 Å². The van der Waals surface area contributed by atoms with Crippen LogP contribution in [0.4, 0.5) is 0 Å². The molecule has 0 bridgehead atoms. The van der Waals surface area contributed by atoms with Gasteiger partial charge in [-0.2, -0.15) is 0 Å². The van der Waals surface area contributed by atoms with E-state index in [0.29, 0.717) is 5.41 Å². The number of ether oxygens (including phenoxy) is 1. The fourth-order valence-corrected chi connectivity index (χ4v) is 3.67. The van der Waals surface area contributed by atoms with Crippen LogP contribution < -0.4 is 5.32 Å². The van der Waals surface area contributed by atoms with Gasteiger partial charge in [0.25, 0.3) is 0 Å². The first-order chi connectivity index (χ1) is 7.26. The Kier molecular flexibility index (Phi) is 3.68. The first kappa shape index (κ1) is 11.4. The third-order valence-corrected chi connectivity index (χ3v) is 4.58. The molecule has 0 aromatic rings. The molecule has 2 unspecified atom stereocenters. The minimum atomic E-state index is 0.426. The van der Waals surface area contributed by atoms with Crippen LogP contribution in [0.1, 0.15) is 39.0 Å². The SMILES string of the molecule is COCC1(C)CCNCC1C1CCCC1. The first-order valence-electron chi connectivity index (χ1n) is 6.46. The summed E-state index contributed by atoms with van der Waals surface area (Å²) < 4.78 is 5.45. The van der Waals surface area contributed by atoms with Crippen molar-refractivity contribution in [3.8, 4) is 0 Å². The fourth-order valence-electron chi connectivity index (χ4n) is 3.67. The topological polar surface area (TPSA) is 21.3 Å². The Morgan fingerprint density at radius 3 is 2.73 bits per heavy atom. The molecule has 0 aromatic carbocycles. The lowest BCUT2D eigenvalue weighted by Crippen LogP contribution is -2.48. The molecule has 2 atom stereocenters. The van der Waals surface area contributed by atoms with E-state index in [2.05, 4.69) is 12.2 Å². The lowest BCUT2D eigenvalue weighted by atomic mass is 9.66. The maximum absolute atomic E-state index is 5.45. The molecule has 15 heavy (non-hydrogen) atoms. The Hall–Kier alpha value is -0.0800. The Balaban J connectivity index is 2.04. The summed E-state index contributed by atoms with van der Waals surface area (Å²) in [5.74, 6) is 1.80. The minimum Gasteiger partial charge on any atom is -0.384 e. The summed E-state index contributed by atoms with van der Waals surface area (Å²) in [5, 5.41) is 3.57. The summed E-state index contributed by atoms with van der Waals surface area (Å²) in [4.78, 5) is 0. The predicted octanol–water partition coefficient (Wildman–Crippen LogP) is 2.44. The average Bonchev–Trinajstić information content (AvgIpc) is 2.71. The van der Waals surface area contributed by atoms with E-state index < -0.39 is 0 Å². The summed E-state index contributed by atoms with van der Waals surface area (Å²) >= 11 is 0. The van der Waals surface area contributed by atoms with E-state index in [1.165, 1.54) is 45.2 Å². The van der Waals surface area contributed by atoms with E-state index in [0.717, 1.165) is 18.4 Å². The van der Waals surface area contributed by atoms with Gasteiger partial charge in [0, 0.05) is 7.11 Å². The summed E-state index contributed by atoms with van der Waals surface area (Å²) in [6.45, 7) is 5.75. The fraction of sp³-hybridized carbons (Fsp3) is 1.00. The first-order valence-corrected chi connectivity index (χ1v) is 6.46. The summed E-state index contributed by atoms with van der Waals surface area (Å²) in [6, 6.07) is 0. The van der Waals surface area contributed by atoms with Gasteiger partial charge in [0.05, 0.1) is 6.61 Å². The van der Waals surface area contributed by atoms with Crippen LogP contribution in [-0.4, -0.2) is 26.8 Å². The molecule has 1 N–H and O–H groups in total. The van der Waals surface area contributed by atoms with Crippen LogP contribution in [0.2, 0.25) is 0 Å². The quantitative estimate of drug-likeness (QED) is 0.774. The van der Waals surface area contributed by atoms with Gasteiger partial charge in [-0.3, -0.25) is 0 Å². The molecule has 0 radical (unpaired) electrons. The summed E-state index contributed by atoms with van der Waals surface area (Å²) in [6.07, 6.45) is 7.08. The molecule has 2 heteroatoms. The van der Waals surface area contributed by atoms with E-state index in [1.54, 1.807) is 0 Å². The molecule has 1 saturated carbocycles. The van der Waals surface area contributed by atoms with E-state index in [9.17, 15) is 0 Å². The van der Waals surface area contributed by atoms with Crippen LogP contribution in [0.15, 0.2) is 0 Å². The van der Waals surface area contributed by atoms with Crippen LogP contribution in [0.5, 0.6) is 0 Å². The molecule has 2 nitrogen and oxygen atoms in total. The normalized spacial score (nSPS) is 38.4. The predicted molar refractivity (Wildman–Crippen MR) is 62.9 cm³/mol. The van der Waals surface area contributed by atoms with Crippen molar-refractivity contribution in [1.82, 2.24) is 5.32 Å². The zero-order chi connectivity index (χ0) is 10.7. The van der Waals surface area contributed by atoms with Gasteiger partial charge in [-0.15, -0.1) is 0 Å². The highest BCUT2D eigenvalue weighted by molar-refractivity contribution is 4.93. The van der Waals surface area contributed by atoms with Gasteiger partial charge in [0.2, 0.25) is 0 Å². The van der Waals surface area contributed by atoms with Crippen molar-refractivity contribution in [2.24, 2.45) is 17.3 Å². The van der Waals surface area contributed by atoms with Crippen molar-refractivity contribution in [2.75, 3.05) is 26.8 Å². The maximum Gasteiger partial charge on any atom is 0.0519 e. The Morgan fingerprint density at radius 1 is 1.33 bits per heavy atom. The molecule has 2 fully saturated rings. The third-order valence-electron chi connectivity index (χ3n) is 4.58. The van der Waals surface area contributed by atoms with Crippen LogP contribution in [0.25, 0.3) is 0 Å². The minimum absolute atomic E-state index is 0.426. The van der Waals surface area contributed by atoms with Crippen LogP contribution in [0.3, 0.4) is 0 Å². The lowest BCUT2D eigenvalue weighted by Gasteiger charge is -2.44. The third kappa shape index (κ3) is 2.36. The highest BCUT2D eigenvalue weighted by atomic mass is 16.5. The second-order valence-corrected chi connectivity index (χ2v) is 5.69. The largest absolute Gasteiger partial charge is 0.384 e. The molecule has 1 heterocycles. The van der Waals surface area contributed by atoms with Crippen LogP contribution in [0, 0.1) is 17.3 Å². The van der Waals surface area contributed by atoms with Gasteiger partial charge < -0.3 is 10.1 Å². The monoisotopic (exact) mass is 211 g/mol. The van der Waals surface area contributed by atoms with Gasteiger partial charge in [-0.05, 0) is 36.8 Å². The zero-order valence-corrected chi connectivity index (χ0v) is 10.2. The van der Waals surface area contributed by atoms with Gasteiger partial charge in [0.15, 0.2) is 0 Å². The van der Waals surface area contributed by atoms with E-state index in [-0.39, 0.29) is 0 Å². The highest BCUT2D eigenvalue weighted by Crippen LogP contribution is 2.44. The lowest BCUT2D eigenvalue weighted by molar-refractivity contribution is -0.00138. The maximum atomic E-state index is 5.45. The van der Waals surface area contributed by atoms with Crippen LogP contribution in [-0.2, 0) is 4.74 Å². The Bertz CT molecular complexity index is 197. The molecular weight excluding hydrogens is 186 g/mol. The van der Waals surface area contributed by atoms with Crippen molar-refractivity contribution in [1.29, 1.82) is 0 Å². The highest BCUT2D eigenvalue weighted by Gasteiger charge is 2.41. The summed E-state index contributed by atoms with van der Waals surface area (Å²) in [5.41, 5.74) is 0.426. The van der Waals surface area contributed by atoms with Gasteiger partial charge >= 0.3 is 0 Å². The number of piperidine rings is 1. The average molecular weight is 211 g/mol. The van der Waals surface area contributed by atoms with E-state index in [1.807, 2.05) is 7.11 Å². The Morgan fingerprint density at radius 2 is 2.07 bits per heavy atom. The van der Waals surface area contributed by atoms with Crippen molar-refractivity contribution >= 4 is 0 Å². The molecule has 0 spiro atoms. The van der Waals surface area contributed by atoms with Gasteiger partial charge in [-0.25, -0.2) is 0 Å². The number of methoxy groups -OCH3 is 1. The molecule has 88 valence electrons. The van der Waals surface area contributed by atoms with Crippen molar-refractivity contribution in [3.05, 3.63) is 0 Å².